The highest BCUT2D eigenvalue weighted by Gasteiger charge is 2.29. The molecule has 1 fully saturated rings. The number of aromatic nitrogens is 2. The minimum atomic E-state index is -0.283. The van der Waals surface area contributed by atoms with E-state index >= 15 is 0 Å². The van der Waals surface area contributed by atoms with E-state index in [1.165, 1.54) is 6.33 Å². The van der Waals surface area contributed by atoms with Gasteiger partial charge in [0.2, 0.25) is 11.8 Å². The Bertz CT molecular complexity index is 477. The van der Waals surface area contributed by atoms with Crippen molar-refractivity contribution in [2.75, 3.05) is 24.6 Å². The molecule has 0 saturated carbocycles. The van der Waals surface area contributed by atoms with Crippen molar-refractivity contribution in [2.24, 2.45) is 0 Å². The Labute approximate surface area is 112 Å². The molecule has 0 bridgehead atoms. The van der Waals surface area contributed by atoms with E-state index in [2.05, 4.69) is 15.3 Å². The SMILES string of the molecule is CC(C)Oc1ncnc(NC2CCN(C)C2=O)c1N. The number of nitrogens with zero attached hydrogens (tertiary/aromatic N) is 3. The predicted octanol–water partition coefficient (Wildman–Crippen LogP) is 0.489. The predicted molar refractivity (Wildman–Crippen MR) is 71.9 cm³/mol. The molecule has 2 heterocycles. The van der Waals surface area contributed by atoms with E-state index in [1.807, 2.05) is 13.8 Å². The summed E-state index contributed by atoms with van der Waals surface area (Å²) in [7, 11) is 1.78. The number of carbonyl (C=O) groups is 1. The molecule has 0 radical (unpaired) electrons. The standard InChI is InChI=1S/C12H19N5O2/c1-7(2)19-11-9(13)10(14-6-15-11)16-8-4-5-17(3)12(8)18/h6-8H,4-5,13H2,1-3H3,(H,14,15,16). The topological polar surface area (TPSA) is 93.4 Å². The van der Waals surface area contributed by atoms with Gasteiger partial charge in [-0.25, -0.2) is 4.98 Å². The van der Waals surface area contributed by atoms with Crippen LogP contribution >= 0.6 is 0 Å². The highest BCUT2D eigenvalue weighted by atomic mass is 16.5. The third-order valence-electron chi connectivity index (χ3n) is 2.93. The van der Waals surface area contributed by atoms with E-state index < -0.39 is 0 Å². The van der Waals surface area contributed by atoms with Crippen LogP contribution in [0.2, 0.25) is 0 Å². The van der Waals surface area contributed by atoms with Gasteiger partial charge in [0, 0.05) is 13.6 Å². The fourth-order valence-corrected chi connectivity index (χ4v) is 1.93. The first-order valence-electron chi connectivity index (χ1n) is 6.27. The van der Waals surface area contributed by atoms with E-state index in [0.717, 1.165) is 13.0 Å². The van der Waals surface area contributed by atoms with Gasteiger partial charge in [0.1, 0.15) is 18.1 Å². The highest BCUT2D eigenvalue weighted by Crippen LogP contribution is 2.27. The summed E-state index contributed by atoms with van der Waals surface area (Å²) in [5.41, 5.74) is 6.28. The number of nitrogens with one attached hydrogen (secondary N) is 1. The average molecular weight is 265 g/mol. The van der Waals surface area contributed by atoms with Crippen LogP contribution in [0.5, 0.6) is 5.88 Å². The first-order chi connectivity index (χ1) is 8.99. The summed E-state index contributed by atoms with van der Waals surface area (Å²) in [6, 6.07) is -0.283. The molecule has 1 aromatic heterocycles. The lowest BCUT2D eigenvalue weighted by Crippen LogP contribution is -2.31. The van der Waals surface area contributed by atoms with Crippen molar-refractivity contribution in [1.82, 2.24) is 14.9 Å². The molecule has 1 amide bonds. The molecule has 2 rings (SSSR count). The summed E-state index contributed by atoms with van der Waals surface area (Å²) in [4.78, 5) is 21.6. The summed E-state index contributed by atoms with van der Waals surface area (Å²) < 4.78 is 5.49. The molecule has 0 aromatic carbocycles. The van der Waals surface area contributed by atoms with E-state index in [4.69, 9.17) is 10.5 Å². The number of likely N-dealkylation sites (tertiary alicyclic amines) is 1. The average Bonchev–Trinajstić information content (AvgIpc) is 2.65. The molecule has 7 nitrogen and oxygen atoms in total. The number of carbonyl (C=O) groups excluding carboxylic acids is 1. The smallest absolute Gasteiger partial charge is 0.244 e. The van der Waals surface area contributed by atoms with Gasteiger partial charge in [-0.3, -0.25) is 4.79 Å². The van der Waals surface area contributed by atoms with Crippen LogP contribution in [0.4, 0.5) is 11.5 Å². The summed E-state index contributed by atoms with van der Waals surface area (Å²) in [6.45, 7) is 4.52. The van der Waals surface area contributed by atoms with Gasteiger partial charge >= 0.3 is 0 Å². The summed E-state index contributed by atoms with van der Waals surface area (Å²) in [5.74, 6) is 0.829. The number of rotatable bonds is 4. The van der Waals surface area contributed by atoms with Gasteiger partial charge in [-0.15, -0.1) is 0 Å². The quantitative estimate of drug-likeness (QED) is 0.823. The van der Waals surface area contributed by atoms with Crippen LogP contribution in [-0.4, -0.2) is 46.5 Å². The Morgan fingerprint density at radius 1 is 1.53 bits per heavy atom. The van der Waals surface area contributed by atoms with Gasteiger partial charge in [0.15, 0.2) is 5.82 Å². The van der Waals surface area contributed by atoms with Crippen molar-refractivity contribution in [2.45, 2.75) is 32.4 Å². The van der Waals surface area contributed by atoms with Gasteiger partial charge < -0.3 is 20.7 Å². The molecular formula is C12H19N5O2. The van der Waals surface area contributed by atoms with E-state index in [1.54, 1.807) is 11.9 Å². The van der Waals surface area contributed by atoms with Gasteiger partial charge in [-0.05, 0) is 20.3 Å². The van der Waals surface area contributed by atoms with Crippen LogP contribution in [-0.2, 0) is 4.79 Å². The minimum absolute atomic E-state index is 0.0238. The van der Waals surface area contributed by atoms with Crippen molar-refractivity contribution in [1.29, 1.82) is 0 Å². The number of hydrogen-bond acceptors (Lipinski definition) is 6. The number of likely N-dealkylation sites (N-methyl/N-ethyl adjacent to an activating group) is 1. The van der Waals surface area contributed by atoms with Crippen molar-refractivity contribution < 1.29 is 9.53 Å². The molecule has 104 valence electrons. The van der Waals surface area contributed by atoms with Gasteiger partial charge in [-0.2, -0.15) is 4.98 Å². The van der Waals surface area contributed by atoms with Crippen molar-refractivity contribution in [3.05, 3.63) is 6.33 Å². The maximum atomic E-state index is 11.8. The van der Waals surface area contributed by atoms with Crippen LogP contribution in [0.1, 0.15) is 20.3 Å². The maximum Gasteiger partial charge on any atom is 0.244 e. The normalized spacial score (nSPS) is 19.1. The molecular weight excluding hydrogens is 246 g/mol. The molecule has 3 N–H and O–H groups in total. The number of nitrogen functional groups attached to an aromatic ring is 1. The number of hydrogen-bond donors (Lipinski definition) is 2. The molecule has 0 aliphatic carbocycles. The van der Waals surface area contributed by atoms with Gasteiger partial charge in [0.25, 0.3) is 0 Å². The van der Waals surface area contributed by atoms with Crippen LogP contribution in [0.25, 0.3) is 0 Å². The van der Waals surface area contributed by atoms with Crippen LogP contribution in [0, 0.1) is 0 Å². The van der Waals surface area contributed by atoms with Crippen molar-refractivity contribution in [3.8, 4) is 5.88 Å². The van der Waals surface area contributed by atoms with Crippen molar-refractivity contribution in [3.63, 3.8) is 0 Å². The first-order valence-corrected chi connectivity index (χ1v) is 6.27. The van der Waals surface area contributed by atoms with Crippen LogP contribution in [0.3, 0.4) is 0 Å². The molecule has 1 unspecified atom stereocenters. The second-order valence-electron chi connectivity index (χ2n) is 4.85. The third kappa shape index (κ3) is 2.86. The Morgan fingerprint density at radius 3 is 2.84 bits per heavy atom. The van der Waals surface area contributed by atoms with E-state index in [-0.39, 0.29) is 18.1 Å². The molecule has 1 aromatic rings. The minimum Gasteiger partial charge on any atom is -0.473 e. The lowest BCUT2D eigenvalue weighted by molar-refractivity contribution is -0.127. The molecule has 1 atom stereocenters. The summed E-state index contributed by atoms with van der Waals surface area (Å²) in [6.07, 6.45) is 2.09. The van der Waals surface area contributed by atoms with E-state index in [0.29, 0.717) is 17.4 Å². The molecule has 1 aliphatic rings. The fourth-order valence-electron chi connectivity index (χ4n) is 1.93. The Balaban J connectivity index is 2.15. The lowest BCUT2D eigenvalue weighted by Gasteiger charge is -2.16. The zero-order valence-electron chi connectivity index (χ0n) is 11.4. The fraction of sp³-hybridized carbons (Fsp3) is 0.583. The highest BCUT2D eigenvalue weighted by molar-refractivity contribution is 5.87. The number of anilines is 2. The third-order valence-corrected chi connectivity index (χ3v) is 2.93. The van der Waals surface area contributed by atoms with Gasteiger partial charge in [-0.1, -0.05) is 0 Å². The Kier molecular flexibility index (Phi) is 3.73. The van der Waals surface area contributed by atoms with E-state index in [9.17, 15) is 4.79 Å². The molecule has 1 aliphatic heterocycles. The zero-order chi connectivity index (χ0) is 14.0. The second-order valence-corrected chi connectivity index (χ2v) is 4.85. The first kappa shape index (κ1) is 13.4. The molecule has 1 saturated heterocycles. The van der Waals surface area contributed by atoms with Crippen LogP contribution < -0.4 is 15.8 Å². The van der Waals surface area contributed by atoms with Crippen molar-refractivity contribution >= 4 is 17.4 Å². The summed E-state index contributed by atoms with van der Waals surface area (Å²) >= 11 is 0. The van der Waals surface area contributed by atoms with Gasteiger partial charge in [0.05, 0.1) is 6.10 Å². The monoisotopic (exact) mass is 265 g/mol. The Hall–Kier alpha value is -2.05. The summed E-state index contributed by atoms with van der Waals surface area (Å²) in [5, 5.41) is 3.06. The Morgan fingerprint density at radius 2 is 2.26 bits per heavy atom. The number of nitrogens with two attached hydrogens (primary N) is 1. The molecule has 0 spiro atoms. The number of ether oxygens (including phenoxy) is 1. The number of amides is 1. The second kappa shape index (κ2) is 5.29. The molecule has 7 heteroatoms. The lowest BCUT2D eigenvalue weighted by atomic mass is 10.2. The largest absolute Gasteiger partial charge is 0.473 e. The van der Waals surface area contributed by atoms with Crippen LogP contribution in [0.15, 0.2) is 6.33 Å². The molecule has 19 heavy (non-hydrogen) atoms. The zero-order valence-corrected chi connectivity index (χ0v) is 11.4. The maximum absolute atomic E-state index is 11.8.